The number of nitrogens with one attached hydrogen (secondary N) is 1. The fourth-order valence-electron chi connectivity index (χ4n) is 2.82. The first-order chi connectivity index (χ1) is 10.8. The molecule has 1 heterocycles. The number of carbonyl (C=O) groups excluding carboxylic acids is 1. The Labute approximate surface area is 133 Å². The maximum absolute atomic E-state index is 12.7. The number of hydrogen-bond acceptors (Lipinski definition) is 2. The minimum Gasteiger partial charge on any atom is -0.307 e. The number of amides is 2. The van der Waals surface area contributed by atoms with Gasteiger partial charge in [-0.05, 0) is 23.6 Å². The molecule has 1 aliphatic heterocycles. The van der Waals surface area contributed by atoms with Crippen LogP contribution in [0.2, 0.25) is 0 Å². The highest BCUT2D eigenvalue weighted by Gasteiger charge is 2.31. The molecule has 1 N–H and O–H groups in total. The van der Waals surface area contributed by atoms with E-state index in [1.807, 2.05) is 66.7 Å². The topological polar surface area (TPSA) is 32.3 Å². The zero-order valence-electron chi connectivity index (χ0n) is 11.6. The molecule has 4 heteroatoms. The monoisotopic (exact) mass is 304 g/mol. The summed E-state index contributed by atoms with van der Waals surface area (Å²) in [5.41, 5.74) is 2.52. The van der Waals surface area contributed by atoms with Crippen molar-refractivity contribution < 1.29 is 4.79 Å². The third kappa shape index (κ3) is 1.89. The number of para-hydroxylation sites is 1. The summed E-state index contributed by atoms with van der Waals surface area (Å²) in [4.78, 5) is 14.8. The van der Waals surface area contributed by atoms with Gasteiger partial charge in [-0.2, -0.15) is 0 Å². The molecule has 3 aromatic rings. The molecule has 0 spiro atoms. The second kappa shape index (κ2) is 4.93. The molecule has 0 bridgehead atoms. The molecular formula is C18H12N2OS. The highest BCUT2D eigenvalue weighted by atomic mass is 32.1. The van der Waals surface area contributed by atoms with Crippen molar-refractivity contribution >= 4 is 45.4 Å². The normalized spacial score (nSPS) is 12.7. The minimum absolute atomic E-state index is 0.236. The summed E-state index contributed by atoms with van der Waals surface area (Å²) in [6.07, 6.45) is 0. The first-order valence-corrected chi connectivity index (χ1v) is 7.39. The molecule has 106 valence electrons. The molecule has 0 atom stereocenters. The van der Waals surface area contributed by atoms with Crippen molar-refractivity contribution in [2.45, 2.75) is 0 Å². The van der Waals surface area contributed by atoms with Gasteiger partial charge in [0.1, 0.15) is 4.99 Å². The van der Waals surface area contributed by atoms with Gasteiger partial charge in [-0.1, -0.05) is 60.7 Å². The number of thiocarbonyl (C=S) groups is 1. The minimum atomic E-state index is -0.236. The van der Waals surface area contributed by atoms with Crippen molar-refractivity contribution in [2.24, 2.45) is 0 Å². The standard InChI is InChI=1S/C18H12N2OS/c21-18(19-13-8-2-1-3-9-13)20-15-11-5-7-12-6-4-10-14(16(12)15)17(20)22/h1-11H,(H,19,21). The van der Waals surface area contributed by atoms with Crippen molar-refractivity contribution in [3.63, 3.8) is 0 Å². The van der Waals surface area contributed by atoms with Crippen LogP contribution in [0, 0.1) is 0 Å². The lowest BCUT2D eigenvalue weighted by Gasteiger charge is -2.18. The predicted octanol–water partition coefficient (Wildman–Crippen LogP) is 4.57. The number of nitrogens with zero attached hydrogens (tertiary/aromatic N) is 1. The summed E-state index contributed by atoms with van der Waals surface area (Å²) in [7, 11) is 0. The van der Waals surface area contributed by atoms with Crippen LogP contribution in [0.5, 0.6) is 0 Å². The van der Waals surface area contributed by atoms with E-state index in [1.165, 1.54) is 0 Å². The highest BCUT2D eigenvalue weighted by molar-refractivity contribution is 7.81. The van der Waals surface area contributed by atoms with Gasteiger partial charge in [0.15, 0.2) is 0 Å². The van der Waals surface area contributed by atoms with Crippen molar-refractivity contribution in [3.05, 3.63) is 72.3 Å². The lowest BCUT2D eigenvalue weighted by Crippen LogP contribution is -2.36. The van der Waals surface area contributed by atoms with E-state index in [0.29, 0.717) is 4.99 Å². The predicted molar refractivity (Wildman–Crippen MR) is 93.6 cm³/mol. The lowest BCUT2D eigenvalue weighted by molar-refractivity contribution is 0.259. The first-order valence-electron chi connectivity index (χ1n) is 6.98. The largest absolute Gasteiger partial charge is 0.331 e. The van der Waals surface area contributed by atoms with Crippen LogP contribution in [0.3, 0.4) is 0 Å². The SMILES string of the molecule is O=C(Nc1ccccc1)N1C(=S)c2cccc3cccc1c23. The molecule has 0 unspecified atom stereocenters. The van der Waals surface area contributed by atoms with Gasteiger partial charge in [0.05, 0.1) is 5.69 Å². The summed E-state index contributed by atoms with van der Waals surface area (Å²) in [6, 6.07) is 21.0. The summed E-state index contributed by atoms with van der Waals surface area (Å²) in [6.45, 7) is 0. The molecule has 3 nitrogen and oxygen atoms in total. The van der Waals surface area contributed by atoms with Crippen LogP contribution in [-0.2, 0) is 0 Å². The number of hydrogen-bond donors (Lipinski definition) is 1. The Kier molecular flexibility index (Phi) is 2.91. The molecular weight excluding hydrogens is 292 g/mol. The van der Waals surface area contributed by atoms with Crippen LogP contribution >= 0.6 is 12.2 Å². The molecule has 22 heavy (non-hydrogen) atoms. The average Bonchev–Trinajstić information content (AvgIpc) is 2.83. The Balaban J connectivity index is 1.77. The van der Waals surface area contributed by atoms with Gasteiger partial charge in [0, 0.05) is 16.6 Å². The van der Waals surface area contributed by atoms with E-state index in [2.05, 4.69) is 5.32 Å². The van der Waals surface area contributed by atoms with E-state index in [0.717, 1.165) is 27.7 Å². The Morgan fingerprint density at radius 2 is 1.64 bits per heavy atom. The average molecular weight is 304 g/mol. The van der Waals surface area contributed by atoms with Crippen LogP contribution in [0.4, 0.5) is 16.2 Å². The second-order valence-electron chi connectivity index (χ2n) is 5.12. The molecule has 0 aromatic heterocycles. The van der Waals surface area contributed by atoms with Gasteiger partial charge in [0.25, 0.3) is 0 Å². The third-order valence-corrected chi connectivity index (χ3v) is 4.19. The third-order valence-electron chi connectivity index (χ3n) is 3.79. The van der Waals surface area contributed by atoms with Crippen LogP contribution in [0.25, 0.3) is 10.8 Å². The number of urea groups is 1. The van der Waals surface area contributed by atoms with Crippen molar-refractivity contribution in [1.29, 1.82) is 0 Å². The van der Waals surface area contributed by atoms with Crippen molar-refractivity contribution in [1.82, 2.24) is 0 Å². The Morgan fingerprint density at radius 1 is 0.909 bits per heavy atom. The molecule has 1 aliphatic rings. The van der Waals surface area contributed by atoms with E-state index in [-0.39, 0.29) is 6.03 Å². The van der Waals surface area contributed by atoms with Gasteiger partial charge in [-0.3, -0.25) is 4.90 Å². The van der Waals surface area contributed by atoms with Gasteiger partial charge in [0.2, 0.25) is 0 Å². The van der Waals surface area contributed by atoms with Crippen molar-refractivity contribution in [3.8, 4) is 0 Å². The summed E-state index contributed by atoms with van der Waals surface area (Å²) >= 11 is 5.52. The van der Waals surface area contributed by atoms with Crippen molar-refractivity contribution in [2.75, 3.05) is 10.2 Å². The summed E-state index contributed by atoms with van der Waals surface area (Å²) < 4.78 is 0. The number of benzene rings is 3. The summed E-state index contributed by atoms with van der Waals surface area (Å²) in [5, 5.41) is 5.02. The van der Waals surface area contributed by atoms with E-state index >= 15 is 0 Å². The molecule has 2 amide bonds. The van der Waals surface area contributed by atoms with Crippen LogP contribution in [0.1, 0.15) is 5.56 Å². The van der Waals surface area contributed by atoms with Gasteiger partial charge in [-0.25, -0.2) is 4.79 Å². The van der Waals surface area contributed by atoms with Gasteiger partial charge in [-0.15, -0.1) is 0 Å². The fraction of sp³-hybridized carbons (Fsp3) is 0. The fourth-order valence-corrected chi connectivity index (χ4v) is 3.17. The van der Waals surface area contributed by atoms with Crippen LogP contribution in [-0.4, -0.2) is 11.0 Å². The highest BCUT2D eigenvalue weighted by Crippen LogP contribution is 2.37. The number of carbonyl (C=O) groups is 1. The second-order valence-corrected chi connectivity index (χ2v) is 5.50. The molecule has 3 aromatic carbocycles. The van der Waals surface area contributed by atoms with Gasteiger partial charge >= 0.3 is 6.03 Å². The van der Waals surface area contributed by atoms with E-state index in [9.17, 15) is 4.79 Å². The molecule has 0 aliphatic carbocycles. The van der Waals surface area contributed by atoms with Crippen LogP contribution in [0.15, 0.2) is 66.7 Å². The molecule has 0 fully saturated rings. The number of anilines is 2. The summed E-state index contributed by atoms with van der Waals surface area (Å²) in [5.74, 6) is 0. The quantitative estimate of drug-likeness (QED) is 0.668. The number of rotatable bonds is 1. The maximum Gasteiger partial charge on any atom is 0.331 e. The Morgan fingerprint density at radius 3 is 2.41 bits per heavy atom. The maximum atomic E-state index is 12.7. The zero-order chi connectivity index (χ0) is 15.1. The Bertz CT molecular complexity index is 900. The molecule has 0 saturated carbocycles. The van der Waals surface area contributed by atoms with Crippen LogP contribution < -0.4 is 10.2 Å². The lowest BCUT2D eigenvalue weighted by atomic mass is 10.1. The smallest absolute Gasteiger partial charge is 0.307 e. The van der Waals surface area contributed by atoms with E-state index < -0.39 is 0 Å². The Hall–Kier alpha value is -2.72. The molecule has 0 radical (unpaired) electrons. The molecule has 0 saturated heterocycles. The van der Waals surface area contributed by atoms with E-state index in [4.69, 9.17) is 12.2 Å². The molecule has 4 rings (SSSR count). The first kappa shape index (κ1) is 13.0. The van der Waals surface area contributed by atoms with E-state index in [1.54, 1.807) is 4.90 Å². The van der Waals surface area contributed by atoms with Gasteiger partial charge < -0.3 is 5.32 Å². The zero-order valence-corrected chi connectivity index (χ0v) is 12.4.